The van der Waals surface area contributed by atoms with Gasteiger partial charge in [0.15, 0.2) is 0 Å². The minimum absolute atomic E-state index is 0.00496. The molecule has 4 unspecified atom stereocenters. The van der Waals surface area contributed by atoms with Gasteiger partial charge in [0.1, 0.15) is 84.0 Å². The Morgan fingerprint density at radius 1 is 0.509 bits per heavy atom. The number of nitrogens with one attached hydrogen (secondary N) is 12. The maximum Gasteiger partial charge on any atom is 0.326 e. The minimum Gasteiger partial charge on any atom is -0.508 e. The zero-order valence-corrected chi connectivity index (χ0v) is 73.5. The second kappa shape index (κ2) is 59.2. The summed E-state index contributed by atoms with van der Waals surface area (Å²) in [5, 5.41) is 77.2. The van der Waals surface area contributed by atoms with Gasteiger partial charge in [-0.2, -0.15) is 75.8 Å². The molecule has 642 valence electrons. The molecular formula is C65H103N15O22S12. The van der Waals surface area contributed by atoms with E-state index in [1.54, 1.807) is 49.4 Å². The predicted octanol–water partition coefficient (Wildman–Crippen LogP) is -3.65. The lowest BCUT2D eigenvalue weighted by atomic mass is 10.0. The maximum absolute atomic E-state index is 14.2. The zero-order chi connectivity index (χ0) is 87.1. The Balaban J connectivity index is 0.00000906. The minimum atomic E-state index is -1.78. The number of carboxylic acids is 2. The molecule has 0 aliphatic carbocycles. The van der Waals surface area contributed by atoms with E-state index in [-0.39, 0.29) is 61.0 Å². The SMILES string of the molecule is CSS(C)=O.CSSC.CSSC.C[C@H](NC(=O)[C@@H]1CCCN1C(=O)C(CC(N)=O)NC(=O)[C@H](CS)NC(=O)C(CS)NC(=O)[C@H](Cc1ccc(O)cc1)NC(=O)C(CCC(=O)O)NC(=O)[C@H](CS)NC(=O)[C@@H](N)CS)C(=O)N[C@@H](CS)C(=O)N[C@H](C(=O)NCC(=O)N[C@@H](CS)C(=O)N[C@@H](Cc1ccc(O)cc1)C(=O)O)[C@@H](C)O. The molecule has 37 nitrogen and oxygen atoms in total. The number of aliphatic hydroxyl groups is 1. The monoisotopic (exact) mass is 1830 g/mol. The summed E-state index contributed by atoms with van der Waals surface area (Å²) >= 11 is 24.6. The number of amides is 14. The van der Waals surface area contributed by atoms with Gasteiger partial charge in [0.25, 0.3) is 0 Å². The molecule has 0 saturated carbocycles. The number of aromatic hydroxyl groups is 2. The van der Waals surface area contributed by atoms with Crippen molar-refractivity contribution in [2.45, 2.75) is 143 Å². The van der Waals surface area contributed by atoms with Gasteiger partial charge in [-0.3, -0.25) is 71.9 Å². The third kappa shape index (κ3) is 42.0. The number of hydrogen-bond acceptors (Lipinski definition) is 32. The molecule has 21 N–H and O–H groups in total. The van der Waals surface area contributed by atoms with Crippen LogP contribution in [-0.2, 0) is 99.4 Å². The molecule has 49 heteroatoms. The van der Waals surface area contributed by atoms with Gasteiger partial charge >= 0.3 is 11.9 Å². The van der Waals surface area contributed by atoms with Crippen molar-refractivity contribution in [3.63, 3.8) is 0 Å². The van der Waals surface area contributed by atoms with Gasteiger partial charge in [-0.15, -0.1) is 0 Å². The van der Waals surface area contributed by atoms with Crippen molar-refractivity contribution in [1.82, 2.24) is 68.7 Å². The Morgan fingerprint density at radius 3 is 1.27 bits per heavy atom. The summed E-state index contributed by atoms with van der Waals surface area (Å²) in [6.45, 7) is 1.38. The number of nitrogens with zero attached hydrogens (tertiary/aromatic N) is 1. The van der Waals surface area contributed by atoms with Crippen LogP contribution >= 0.6 is 130 Å². The van der Waals surface area contributed by atoms with Gasteiger partial charge in [0, 0.05) is 66.6 Å². The van der Waals surface area contributed by atoms with Crippen molar-refractivity contribution < 1.29 is 106 Å². The van der Waals surface area contributed by atoms with Crippen LogP contribution in [0.25, 0.3) is 0 Å². The van der Waals surface area contributed by atoms with Crippen LogP contribution in [0.5, 0.6) is 11.5 Å². The van der Waals surface area contributed by atoms with E-state index < -0.39 is 232 Å². The third-order valence-electron chi connectivity index (χ3n) is 15.6. The van der Waals surface area contributed by atoms with Gasteiger partial charge in [-0.1, -0.05) is 78.2 Å². The topological polar surface area (TPSA) is 591 Å². The lowest BCUT2D eigenvalue weighted by Gasteiger charge is -2.30. The molecule has 1 fully saturated rings. The van der Waals surface area contributed by atoms with E-state index in [1.807, 2.05) is 6.26 Å². The fraction of sp³-hybridized carbons (Fsp3) is 0.569. The van der Waals surface area contributed by atoms with Crippen LogP contribution in [0.4, 0.5) is 0 Å². The number of likely N-dealkylation sites (tertiary alicyclic amines) is 1. The molecule has 0 spiro atoms. The molecule has 1 aliphatic rings. The third-order valence-corrected chi connectivity index (χ3v) is 22.3. The number of benzene rings is 2. The first-order valence-corrected chi connectivity index (χ1v) is 47.1. The number of carbonyl (C=O) groups is 16. The lowest BCUT2D eigenvalue weighted by molar-refractivity contribution is -0.143. The molecule has 0 aromatic heterocycles. The fourth-order valence-electron chi connectivity index (χ4n) is 9.41. The number of phenols is 2. The summed E-state index contributed by atoms with van der Waals surface area (Å²) in [7, 11) is 7.79. The van der Waals surface area contributed by atoms with Crippen molar-refractivity contribution in [1.29, 1.82) is 0 Å². The second-order valence-corrected chi connectivity index (χ2v) is 35.2. The van der Waals surface area contributed by atoms with Crippen LogP contribution in [-0.4, -0.2) is 299 Å². The standard InChI is InChI=1S/C59H85N15O21S6.C2H6OS2.2C2H6S2/c1-26(47(82)69-41(25-101)55(90)73-46(27(2)75)57(92)62-19-44(79)64-37(21-97)51(86)68-36(59(94)95)17-29-7-11-31(77)12-8-29)63-56(91)42-4-3-15-74(42)58(93)35(18-43(61)78)67-53(88)39(23-99)72-54(89)40(24-100)71-50(85)34(16-28-5-9-30(76)10-6-28)66-49(84)33(13-14-45(80)81)65-52(87)38(22-98)70-48(83)32(60)20-96;1-4-5(2)3;2*1-3-4-2/h5-12,26-27,32-42,46,75-77,96-101H,3-4,13-25,60H2,1-2H3,(H2,61,78)(H,62,92)(H,63,91)(H,64,79)(H,65,87)(H,66,84)(H,67,88)(H,68,86)(H,69,82)(H,70,83)(H,71,85)(H,72,89)(H,73,90)(H,80,81)(H,94,95);1-2H3;2*1-2H3/t26-,27+,32-,33?,34-,35?,36-,37-,38-,39-,40?,41-,42-,46-;;;/m0.../s1. The number of carboxylic acid groups (broad SMARTS) is 2. The second-order valence-electron chi connectivity index (χ2n) is 24.1. The molecule has 2 aromatic rings. The highest BCUT2D eigenvalue weighted by Crippen LogP contribution is 2.21. The Kier molecular flexibility index (Phi) is 55.8. The highest BCUT2D eigenvalue weighted by atomic mass is 33.1. The van der Waals surface area contributed by atoms with E-state index in [9.17, 15) is 106 Å². The van der Waals surface area contributed by atoms with Crippen molar-refractivity contribution in [3.05, 3.63) is 59.7 Å². The largest absolute Gasteiger partial charge is 0.508 e. The molecule has 1 saturated heterocycles. The average Bonchev–Trinajstić information content (AvgIpc) is 1.66. The first kappa shape index (κ1) is 107. The zero-order valence-electron chi connectivity index (χ0n) is 63.2. The maximum atomic E-state index is 14.2. The van der Waals surface area contributed by atoms with E-state index in [0.29, 0.717) is 11.1 Å². The van der Waals surface area contributed by atoms with Gasteiger partial charge in [-0.25, -0.2) is 9.00 Å². The van der Waals surface area contributed by atoms with Crippen molar-refractivity contribution >= 4 is 234 Å². The van der Waals surface area contributed by atoms with E-state index in [4.69, 9.17) is 11.5 Å². The van der Waals surface area contributed by atoms with Crippen LogP contribution < -0.4 is 75.3 Å². The normalized spacial score (nSPS) is 15.7. The van der Waals surface area contributed by atoms with E-state index in [0.717, 1.165) is 11.8 Å². The lowest BCUT2D eigenvalue weighted by Crippen LogP contribution is -2.61. The quantitative estimate of drug-likeness (QED) is 0.0225. The Morgan fingerprint density at radius 2 is 0.877 bits per heavy atom. The molecular weight excluding hydrogens is 1730 g/mol. The highest BCUT2D eigenvalue weighted by molar-refractivity contribution is 8.76. The summed E-state index contributed by atoms with van der Waals surface area (Å²) in [5.41, 5.74) is 12.0. The first-order valence-electron chi connectivity index (χ1n) is 34.0. The average molecular weight is 1830 g/mol. The summed E-state index contributed by atoms with van der Waals surface area (Å²) in [6, 6.07) is -8.90. The summed E-state index contributed by atoms with van der Waals surface area (Å²) in [4.78, 5) is 213. The summed E-state index contributed by atoms with van der Waals surface area (Å²) in [5.74, 6) is -19.3. The Hall–Kier alpha value is -6.52. The molecule has 1 aliphatic heterocycles. The van der Waals surface area contributed by atoms with Crippen LogP contribution in [0, 0.1) is 0 Å². The number of aliphatic hydroxyl groups excluding tert-OH is 1. The highest BCUT2D eigenvalue weighted by Gasteiger charge is 2.41. The molecule has 0 bridgehead atoms. The number of thiol groups is 6. The van der Waals surface area contributed by atoms with Crippen LogP contribution in [0.2, 0.25) is 0 Å². The number of hydrogen-bond donors (Lipinski definition) is 25. The van der Waals surface area contributed by atoms with E-state index in [2.05, 4.69) is 165 Å². The van der Waals surface area contributed by atoms with Crippen molar-refractivity contribution in [2.75, 3.05) is 85.1 Å². The van der Waals surface area contributed by atoms with Gasteiger partial charge in [-0.05, 0) is 99.8 Å². The first-order chi connectivity index (χ1) is 53.7. The molecule has 3 rings (SSSR count). The molecule has 2 aromatic carbocycles. The van der Waals surface area contributed by atoms with E-state index >= 15 is 0 Å². The summed E-state index contributed by atoms with van der Waals surface area (Å²) in [6.07, 6.45) is 7.70. The van der Waals surface area contributed by atoms with Crippen LogP contribution in [0.15, 0.2) is 48.5 Å². The number of rotatable bonds is 45. The van der Waals surface area contributed by atoms with Crippen LogP contribution in [0.1, 0.15) is 57.1 Å². The van der Waals surface area contributed by atoms with Gasteiger partial charge in [0.2, 0.25) is 82.7 Å². The summed E-state index contributed by atoms with van der Waals surface area (Å²) < 4.78 is 9.89. The number of carbonyl (C=O) groups excluding carboxylic acids is 14. The number of phenolic OH excluding ortho intramolecular Hbond substituents is 2. The number of nitrogens with two attached hydrogens (primary N) is 2. The molecule has 1 heterocycles. The van der Waals surface area contributed by atoms with Crippen LogP contribution in [0.3, 0.4) is 0 Å². The smallest absolute Gasteiger partial charge is 0.326 e. The Bertz CT molecular complexity index is 3510. The molecule has 114 heavy (non-hydrogen) atoms. The van der Waals surface area contributed by atoms with Crippen molar-refractivity contribution in [2.24, 2.45) is 11.5 Å². The number of primary amides is 1. The van der Waals surface area contributed by atoms with E-state index in [1.165, 1.54) is 66.2 Å². The molecule has 15 atom stereocenters. The molecule has 14 amide bonds. The van der Waals surface area contributed by atoms with Gasteiger partial charge < -0.3 is 106 Å². The predicted molar refractivity (Wildman–Crippen MR) is 461 cm³/mol. The fourth-order valence-corrected chi connectivity index (χ4v) is 10.9. The van der Waals surface area contributed by atoms with Gasteiger partial charge in [0.05, 0.1) is 34.9 Å². The van der Waals surface area contributed by atoms with Crippen molar-refractivity contribution in [3.8, 4) is 11.5 Å². The number of aliphatic carboxylic acids is 2. The molecule has 0 radical (unpaired) electrons. The Labute approximate surface area is 715 Å².